The van der Waals surface area contributed by atoms with E-state index in [1.54, 1.807) is 36.4 Å². The number of methoxy groups -OCH3 is 1. The zero-order valence-electron chi connectivity index (χ0n) is 9.71. The van der Waals surface area contributed by atoms with Crippen molar-refractivity contribution in [2.75, 3.05) is 13.7 Å². The molecule has 0 bridgehead atoms. The Labute approximate surface area is 104 Å². The summed E-state index contributed by atoms with van der Waals surface area (Å²) >= 11 is 0. The van der Waals surface area contributed by atoms with Gasteiger partial charge in [0.25, 0.3) is 0 Å². The Morgan fingerprint density at radius 2 is 1.89 bits per heavy atom. The summed E-state index contributed by atoms with van der Waals surface area (Å²) < 4.78 is 9.58. The first-order valence-corrected chi connectivity index (χ1v) is 5.01. The van der Waals surface area contributed by atoms with Crippen LogP contribution in [0.5, 0.6) is 5.75 Å². The van der Waals surface area contributed by atoms with Crippen molar-refractivity contribution in [3.05, 3.63) is 35.4 Å². The summed E-state index contributed by atoms with van der Waals surface area (Å²) in [4.78, 5) is 10.8. The molecule has 0 aliphatic heterocycles. The molecule has 0 saturated carbocycles. The highest BCUT2D eigenvalue weighted by Crippen LogP contribution is 2.14. The quantitative estimate of drug-likeness (QED) is 0.592. The van der Waals surface area contributed by atoms with Crippen molar-refractivity contribution < 1.29 is 14.3 Å². The van der Waals surface area contributed by atoms with Crippen molar-refractivity contribution in [2.45, 2.75) is 0 Å². The van der Waals surface area contributed by atoms with Gasteiger partial charge in [0.2, 0.25) is 0 Å². The normalized spacial score (nSPS) is 8.61. The van der Waals surface area contributed by atoms with Gasteiger partial charge in [-0.2, -0.15) is 10.5 Å². The first kappa shape index (κ1) is 13.3. The van der Waals surface area contributed by atoms with Crippen LogP contribution in [0.15, 0.2) is 29.8 Å². The lowest BCUT2D eigenvalue weighted by Gasteiger charge is -2.04. The van der Waals surface area contributed by atoms with E-state index in [2.05, 4.69) is 4.74 Å². The van der Waals surface area contributed by atoms with Gasteiger partial charge >= 0.3 is 5.97 Å². The fourth-order valence-electron chi connectivity index (χ4n) is 1.12. The van der Waals surface area contributed by atoms with Crippen LogP contribution in [0.4, 0.5) is 0 Å². The van der Waals surface area contributed by atoms with Crippen molar-refractivity contribution in [2.24, 2.45) is 0 Å². The molecule has 0 aromatic heterocycles. The maximum Gasteiger partial charge on any atom is 0.343 e. The van der Waals surface area contributed by atoms with Gasteiger partial charge in [-0.1, -0.05) is 12.1 Å². The summed E-state index contributed by atoms with van der Waals surface area (Å²) in [6.07, 6.45) is 1.46. The Bertz CT molecular complexity index is 517. The van der Waals surface area contributed by atoms with Gasteiger partial charge in [-0.25, -0.2) is 4.79 Å². The van der Waals surface area contributed by atoms with Crippen molar-refractivity contribution in [1.29, 1.82) is 10.5 Å². The van der Waals surface area contributed by atoms with E-state index in [9.17, 15) is 4.79 Å². The Morgan fingerprint density at radius 3 is 2.39 bits per heavy atom. The van der Waals surface area contributed by atoms with E-state index >= 15 is 0 Å². The number of allylic oxidation sites excluding steroid dienone is 1. The van der Waals surface area contributed by atoms with E-state index in [4.69, 9.17) is 15.3 Å². The van der Waals surface area contributed by atoms with Gasteiger partial charge in [0.15, 0.2) is 6.61 Å². The Morgan fingerprint density at radius 1 is 1.28 bits per heavy atom. The number of benzene rings is 1. The molecule has 0 atom stereocenters. The number of nitriles is 2. The largest absolute Gasteiger partial charge is 0.482 e. The van der Waals surface area contributed by atoms with Crippen LogP contribution in [0.25, 0.3) is 6.08 Å². The van der Waals surface area contributed by atoms with Crippen molar-refractivity contribution >= 4 is 12.0 Å². The lowest BCUT2D eigenvalue weighted by Crippen LogP contribution is -2.12. The fourth-order valence-corrected chi connectivity index (χ4v) is 1.12. The van der Waals surface area contributed by atoms with Gasteiger partial charge in [0.1, 0.15) is 23.5 Å². The van der Waals surface area contributed by atoms with Crippen LogP contribution < -0.4 is 4.74 Å². The van der Waals surface area contributed by atoms with Crippen molar-refractivity contribution in [3.8, 4) is 17.9 Å². The van der Waals surface area contributed by atoms with Crippen LogP contribution in [-0.2, 0) is 9.53 Å². The molecule has 90 valence electrons. The third kappa shape index (κ3) is 3.99. The predicted octanol–water partition coefficient (Wildman–Crippen LogP) is 1.67. The molecule has 0 spiro atoms. The van der Waals surface area contributed by atoms with E-state index in [-0.39, 0.29) is 12.2 Å². The van der Waals surface area contributed by atoms with Gasteiger partial charge in [-0.3, -0.25) is 0 Å². The number of carbonyl (C=O) groups excluding carboxylic acids is 1. The molecule has 1 rings (SSSR count). The van der Waals surface area contributed by atoms with E-state index in [0.29, 0.717) is 11.3 Å². The molecule has 1 aromatic rings. The molecule has 0 amide bonds. The van der Waals surface area contributed by atoms with Gasteiger partial charge in [-0.15, -0.1) is 0 Å². The van der Waals surface area contributed by atoms with Gasteiger partial charge in [0, 0.05) is 0 Å². The molecule has 1 aromatic carbocycles. The average molecular weight is 242 g/mol. The second-order valence-electron chi connectivity index (χ2n) is 3.22. The lowest BCUT2D eigenvalue weighted by atomic mass is 10.1. The van der Waals surface area contributed by atoms with Crippen LogP contribution >= 0.6 is 0 Å². The van der Waals surface area contributed by atoms with Crippen LogP contribution in [-0.4, -0.2) is 19.7 Å². The molecule has 5 nitrogen and oxygen atoms in total. The number of hydrogen-bond donors (Lipinski definition) is 0. The molecule has 0 aliphatic carbocycles. The third-order valence-electron chi connectivity index (χ3n) is 2.02. The van der Waals surface area contributed by atoms with E-state index in [0.717, 1.165) is 0 Å². The summed E-state index contributed by atoms with van der Waals surface area (Å²) in [6.45, 7) is -0.159. The standard InChI is InChI=1S/C13H10N2O3/c1-17-13(16)9-18-12-4-2-10(3-5-12)6-11(7-14)8-15/h2-6H,9H2,1H3. The Kier molecular flexibility index (Phi) is 4.96. The van der Waals surface area contributed by atoms with Crippen molar-refractivity contribution in [3.63, 3.8) is 0 Å². The molecular weight excluding hydrogens is 232 g/mol. The maximum atomic E-state index is 10.8. The third-order valence-corrected chi connectivity index (χ3v) is 2.02. The highest BCUT2D eigenvalue weighted by molar-refractivity contribution is 5.71. The Hall–Kier alpha value is -2.79. The number of esters is 1. The molecule has 0 N–H and O–H groups in total. The highest BCUT2D eigenvalue weighted by Gasteiger charge is 2.01. The summed E-state index contributed by atoms with van der Waals surface area (Å²) in [5.41, 5.74) is 0.733. The monoisotopic (exact) mass is 242 g/mol. The molecule has 0 fully saturated rings. The lowest BCUT2D eigenvalue weighted by molar-refractivity contribution is -0.142. The molecule has 0 aliphatic rings. The fraction of sp³-hybridized carbons (Fsp3) is 0.154. The van der Waals surface area contributed by atoms with Gasteiger partial charge in [-0.05, 0) is 23.8 Å². The van der Waals surface area contributed by atoms with Gasteiger partial charge in [0.05, 0.1) is 7.11 Å². The first-order valence-electron chi connectivity index (χ1n) is 5.01. The van der Waals surface area contributed by atoms with Crippen LogP contribution in [0.2, 0.25) is 0 Å². The molecule has 0 radical (unpaired) electrons. The summed E-state index contributed by atoms with van der Waals surface area (Å²) in [5, 5.41) is 17.2. The second-order valence-corrected chi connectivity index (χ2v) is 3.22. The summed E-state index contributed by atoms with van der Waals surface area (Å²) in [6, 6.07) is 10.2. The van der Waals surface area contributed by atoms with Crippen LogP contribution in [0.1, 0.15) is 5.56 Å². The molecule has 0 heterocycles. The minimum atomic E-state index is -0.463. The second kappa shape index (κ2) is 6.72. The zero-order valence-corrected chi connectivity index (χ0v) is 9.71. The van der Waals surface area contributed by atoms with E-state index < -0.39 is 5.97 Å². The van der Waals surface area contributed by atoms with Gasteiger partial charge < -0.3 is 9.47 Å². The number of rotatable bonds is 4. The number of hydrogen-bond acceptors (Lipinski definition) is 5. The summed E-state index contributed by atoms with van der Waals surface area (Å²) in [5.74, 6) is 0.0447. The zero-order chi connectivity index (χ0) is 13.4. The first-order chi connectivity index (χ1) is 8.69. The molecule has 5 heteroatoms. The molecule has 18 heavy (non-hydrogen) atoms. The highest BCUT2D eigenvalue weighted by atomic mass is 16.6. The van der Waals surface area contributed by atoms with E-state index in [1.807, 2.05) is 0 Å². The minimum Gasteiger partial charge on any atom is -0.482 e. The SMILES string of the molecule is COC(=O)COc1ccc(C=C(C#N)C#N)cc1. The van der Waals surface area contributed by atoms with Crippen LogP contribution in [0.3, 0.4) is 0 Å². The number of carbonyl (C=O) groups is 1. The molecule has 0 unspecified atom stereocenters. The van der Waals surface area contributed by atoms with E-state index in [1.165, 1.54) is 13.2 Å². The smallest absolute Gasteiger partial charge is 0.343 e. The minimum absolute atomic E-state index is 0.0261. The molecule has 0 saturated heterocycles. The number of ether oxygens (including phenoxy) is 2. The van der Waals surface area contributed by atoms with Crippen LogP contribution in [0, 0.1) is 22.7 Å². The maximum absolute atomic E-state index is 10.8. The summed E-state index contributed by atoms with van der Waals surface area (Å²) in [7, 11) is 1.28. The Balaban J connectivity index is 2.70. The van der Waals surface area contributed by atoms with Crippen molar-refractivity contribution in [1.82, 2.24) is 0 Å². The predicted molar refractivity (Wildman–Crippen MR) is 63.2 cm³/mol. The topological polar surface area (TPSA) is 83.1 Å². The number of nitrogens with zero attached hydrogens (tertiary/aromatic N) is 2. The average Bonchev–Trinajstić information content (AvgIpc) is 2.43. The molecular formula is C13H10N2O3.